The van der Waals surface area contributed by atoms with Crippen molar-refractivity contribution in [2.75, 3.05) is 0 Å². The Hall–Kier alpha value is -0.520. The van der Waals surface area contributed by atoms with E-state index in [4.69, 9.17) is 0 Å². The molecule has 1 rings (SSSR count). The summed E-state index contributed by atoms with van der Waals surface area (Å²) in [5.41, 5.74) is 0. The molecule has 0 amide bonds. The zero-order valence-corrected chi connectivity index (χ0v) is 7.89. The molecule has 1 aliphatic rings. The first-order chi connectivity index (χ1) is 6.00. The fourth-order valence-electron chi connectivity index (χ4n) is 1.47. The molecule has 0 N–H and O–H groups in total. The summed E-state index contributed by atoms with van der Waals surface area (Å²) >= 11 is 0. The van der Waals surface area contributed by atoms with Crippen molar-refractivity contribution in [3.63, 3.8) is 0 Å². The highest BCUT2D eigenvalue weighted by Crippen LogP contribution is 2.08. The van der Waals surface area contributed by atoms with E-state index in [2.05, 4.69) is 24.3 Å². The van der Waals surface area contributed by atoms with Crippen molar-refractivity contribution < 1.29 is 0 Å². The predicted molar refractivity (Wildman–Crippen MR) is 53.9 cm³/mol. The van der Waals surface area contributed by atoms with Crippen LogP contribution in [0.25, 0.3) is 0 Å². The van der Waals surface area contributed by atoms with Gasteiger partial charge in [-0.1, -0.05) is 31.1 Å². The fourth-order valence-corrected chi connectivity index (χ4v) is 1.47. The molecule has 12 heavy (non-hydrogen) atoms. The molecular weight excluding hydrogens is 144 g/mol. The largest absolute Gasteiger partial charge is 0.0885 e. The van der Waals surface area contributed by atoms with Crippen LogP contribution in [0.2, 0.25) is 0 Å². The SMILES string of the molecule is [C]1=C/CCCCCC/C=C/CC/1. The normalized spacial score (nSPS) is 26.7. The van der Waals surface area contributed by atoms with Crippen molar-refractivity contribution in [2.45, 2.75) is 51.4 Å². The Morgan fingerprint density at radius 3 is 2.42 bits per heavy atom. The van der Waals surface area contributed by atoms with E-state index in [0.717, 1.165) is 6.42 Å². The van der Waals surface area contributed by atoms with Gasteiger partial charge in [0.25, 0.3) is 0 Å². The molecule has 0 aromatic carbocycles. The van der Waals surface area contributed by atoms with E-state index in [1.165, 1.54) is 44.9 Å². The van der Waals surface area contributed by atoms with E-state index in [1.54, 1.807) is 0 Å². The molecular formula is C12H19. The molecule has 1 radical (unpaired) electrons. The van der Waals surface area contributed by atoms with Gasteiger partial charge in [-0.05, 0) is 44.6 Å². The number of hydrogen-bond donors (Lipinski definition) is 0. The third-order valence-corrected chi connectivity index (χ3v) is 2.24. The van der Waals surface area contributed by atoms with Crippen LogP contribution in [0.4, 0.5) is 0 Å². The maximum absolute atomic E-state index is 3.33. The highest BCUT2D eigenvalue weighted by Gasteiger charge is 1.88. The van der Waals surface area contributed by atoms with Gasteiger partial charge >= 0.3 is 0 Å². The average molecular weight is 163 g/mol. The molecule has 0 heteroatoms. The second-order valence-corrected chi connectivity index (χ2v) is 3.41. The second kappa shape index (κ2) is 7.15. The lowest BCUT2D eigenvalue weighted by Gasteiger charge is -1.98. The minimum absolute atomic E-state index is 1.11. The summed E-state index contributed by atoms with van der Waals surface area (Å²) in [5.74, 6) is 0. The number of allylic oxidation sites excluding steroid dienone is 4. The van der Waals surface area contributed by atoms with Crippen LogP contribution in [0.3, 0.4) is 0 Å². The standard InChI is InChI=1S/C12H19/c1-2-4-6-8-10-12-11-9-7-5-3-1/h1-2,10H,3-7,9,11-12H2/b2-1+,10-8?. The molecule has 0 aromatic heterocycles. The molecule has 0 atom stereocenters. The zero-order chi connectivity index (χ0) is 8.49. The maximum Gasteiger partial charge on any atom is -0.0245 e. The quantitative estimate of drug-likeness (QED) is 0.473. The van der Waals surface area contributed by atoms with Crippen molar-refractivity contribution in [1.29, 1.82) is 0 Å². The van der Waals surface area contributed by atoms with E-state index in [9.17, 15) is 0 Å². The maximum atomic E-state index is 3.33. The minimum atomic E-state index is 1.11. The van der Waals surface area contributed by atoms with Gasteiger partial charge in [0.15, 0.2) is 0 Å². The monoisotopic (exact) mass is 163 g/mol. The molecule has 0 heterocycles. The van der Waals surface area contributed by atoms with Crippen molar-refractivity contribution in [1.82, 2.24) is 0 Å². The van der Waals surface area contributed by atoms with Crippen LogP contribution in [0, 0.1) is 6.08 Å². The smallest absolute Gasteiger partial charge is 0.0245 e. The van der Waals surface area contributed by atoms with Gasteiger partial charge in [0.05, 0.1) is 0 Å². The van der Waals surface area contributed by atoms with Gasteiger partial charge in [-0.15, -0.1) is 0 Å². The van der Waals surface area contributed by atoms with Crippen LogP contribution in [-0.2, 0) is 0 Å². The Kier molecular flexibility index (Phi) is 5.70. The summed E-state index contributed by atoms with van der Waals surface area (Å²) < 4.78 is 0. The number of hydrogen-bond acceptors (Lipinski definition) is 0. The van der Waals surface area contributed by atoms with Gasteiger partial charge in [-0.3, -0.25) is 0 Å². The van der Waals surface area contributed by atoms with Crippen molar-refractivity contribution >= 4 is 0 Å². The molecule has 0 saturated carbocycles. The summed E-state index contributed by atoms with van der Waals surface area (Å²) in [6.07, 6.45) is 20.5. The molecule has 0 nitrogen and oxygen atoms in total. The van der Waals surface area contributed by atoms with Gasteiger partial charge < -0.3 is 0 Å². The molecule has 0 fully saturated rings. The summed E-state index contributed by atoms with van der Waals surface area (Å²) in [6.45, 7) is 0. The first kappa shape index (κ1) is 9.57. The molecule has 0 unspecified atom stereocenters. The predicted octanol–water partition coefficient (Wildman–Crippen LogP) is 4.04. The van der Waals surface area contributed by atoms with Gasteiger partial charge in [-0.25, -0.2) is 0 Å². The third kappa shape index (κ3) is 5.17. The Labute approximate surface area is 76.4 Å². The molecule has 0 bridgehead atoms. The van der Waals surface area contributed by atoms with Crippen LogP contribution >= 0.6 is 0 Å². The van der Waals surface area contributed by atoms with Crippen LogP contribution in [0.1, 0.15) is 51.4 Å². The molecule has 0 saturated heterocycles. The zero-order valence-electron chi connectivity index (χ0n) is 7.89. The van der Waals surface area contributed by atoms with Crippen LogP contribution in [-0.4, -0.2) is 0 Å². The van der Waals surface area contributed by atoms with Crippen molar-refractivity contribution in [3.8, 4) is 0 Å². The average Bonchev–Trinajstić information content (AvgIpc) is 2.05. The second-order valence-electron chi connectivity index (χ2n) is 3.41. The summed E-state index contributed by atoms with van der Waals surface area (Å²) in [6, 6.07) is 0. The van der Waals surface area contributed by atoms with E-state index < -0.39 is 0 Å². The van der Waals surface area contributed by atoms with Crippen LogP contribution in [0.5, 0.6) is 0 Å². The minimum Gasteiger partial charge on any atom is -0.0885 e. The van der Waals surface area contributed by atoms with E-state index in [-0.39, 0.29) is 0 Å². The van der Waals surface area contributed by atoms with Crippen LogP contribution in [0.15, 0.2) is 18.2 Å². The fraction of sp³-hybridized carbons (Fsp3) is 0.667. The lowest BCUT2D eigenvalue weighted by molar-refractivity contribution is 0.649. The molecule has 0 aromatic rings. The molecule has 0 spiro atoms. The van der Waals surface area contributed by atoms with Crippen molar-refractivity contribution in [2.24, 2.45) is 0 Å². The topological polar surface area (TPSA) is 0 Å². The lowest BCUT2D eigenvalue weighted by atomic mass is 10.1. The first-order valence-corrected chi connectivity index (χ1v) is 5.20. The first-order valence-electron chi connectivity index (χ1n) is 5.20. The Morgan fingerprint density at radius 1 is 0.750 bits per heavy atom. The summed E-state index contributed by atoms with van der Waals surface area (Å²) in [4.78, 5) is 0. The molecule has 1 aliphatic carbocycles. The highest BCUT2D eigenvalue weighted by molar-refractivity contribution is 4.85. The third-order valence-electron chi connectivity index (χ3n) is 2.24. The van der Waals surface area contributed by atoms with Crippen molar-refractivity contribution in [3.05, 3.63) is 24.3 Å². The van der Waals surface area contributed by atoms with Gasteiger partial charge in [0.2, 0.25) is 0 Å². The summed E-state index contributed by atoms with van der Waals surface area (Å²) in [7, 11) is 0. The Bertz CT molecular complexity index is 124. The Balaban J connectivity index is 2.19. The lowest BCUT2D eigenvalue weighted by Crippen LogP contribution is -1.78. The molecule has 67 valence electrons. The van der Waals surface area contributed by atoms with Crippen LogP contribution < -0.4 is 0 Å². The van der Waals surface area contributed by atoms with Gasteiger partial charge in [-0.2, -0.15) is 0 Å². The highest BCUT2D eigenvalue weighted by atomic mass is 13.9. The Morgan fingerprint density at radius 2 is 1.50 bits per heavy atom. The number of rotatable bonds is 0. The summed E-state index contributed by atoms with van der Waals surface area (Å²) in [5, 5.41) is 0. The molecule has 0 aliphatic heterocycles. The van der Waals surface area contributed by atoms with Gasteiger partial charge in [0, 0.05) is 0 Å². The van der Waals surface area contributed by atoms with E-state index in [0.29, 0.717) is 0 Å². The van der Waals surface area contributed by atoms with Gasteiger partial charge in [0.1, 0.15) is 0 Å². The van der Waals surface area contributed by atoms with E-state index >= 15 is 0 Å². The van der Waals surface area contributed by atoms with E-state index in [1.807, 2.05) is 0 Å².